The number of amides is 1. The average Bonchev–Trinajstić information content (AvgIpc) is 3.36. The van der Waals surface area contributed by atoms with E-state index in [9.17, 15) is 4.79 Å². The van der Waals surface area contributed by atoms with Gasteiger partial charge in [0.2, 0.25) is 0 Å². The number of nitrogens with zero attached hydrogens (tertiary/aromatic N) is 5. The summed E-state index contributed by atoms with van der Waals surface area (Å²) in [5.41, 5.74) is 2.78. The maximum atomic E-state index is 12.7. The molecule has 0 fully saturated rings. The second-order valence-electron chi connectivity index (χ2n) is 6.60. The van der Waals surface area contributed by atoms with Crippen molar-refractivity contribution in [2.24, 2.45) is 10.3 Å². The zero-order valence-corrected chi connectivity index (χ0v) is 20.0. The fraction of sp³-hybridized carbons (Fsp3) is 0.200. The minimum atomic E-state index is -0.175. The first kappa shape index (κ1) is 25.4. The summed E-state index contributed by atoms with van der Waals surface area (Å²) in [6.07, 6.45) is 10.9. The highest BCUT2D eigenvalue weighted by atomic mass is 32.2. The van der Waals surface area contributed by atoms with Gasteiger partial charge < -0.3 is 5.32 Å². The molecule has 1 amide bonds. The van der Waals surface area contributed by atoms with Crippen molar-refractivity contribution >= 4 is 17.7 Å². The number of carbonyl (C=O) groups excluding carboxylic acids is 1. The lowest BCUT2D eigenvalue weighted by molar-refractivity contribution is 0.0956. The first-order valence-electron chi connectivity index (χ1n) is 10.2. The fourth-order valence-corrected chi connectivity index (χ4v) is 3.26. The Labute approximate surface area is 199 Å². The molecule has 0 aliphatic carbocycles. The highest BCUT2D eigenvalue weighted by Crippen LogP contribution is 2.18. The number of carbonyl (C=O) groups is 1. The van der Waals surface area contributed by atoms with Crippen LogP contribution in [0.1, 0.15) is 22.8 Å². The molecule has 0 atom stereocenters. The first-order valence-corrected chi connectivity index (χ1v) is 11.2. The van der Waals surface area contributed by atoms with E-state index in [-0.39, 0.29) is 5.91 Å². The smallest absolute Gasteiger partial charge is 0.251 e. The van der Waals surface area contributed by atoms with Gasteiger partial charge in [0.05, 0.1) is 23.3 Å². The zero-order chi connectivity index (χ0) is 24.1. The molecule has 0 saturated carbocycles. The van der Waals surface area contributed by atoms with E-state index < -0.39 is 0 Å². The van der Waals surface area contributed by atoms with Crippen molar-refractivity contribution in [3.8, 4) is 17.5 Å². The summed E-state index contributed by atoms with van der Waals surface area (Å²) in [7, 11) is 3.37. The van der Waals surface area contributed by atoms with Crippen LogP contribution in [0.3, 0.4) is 0 Å². The van der Waals surface area contributed by atoms with E-state index in [1.807, 2.05) is 43.5 Å². The third-order valence-corrected chi connectivity index (χ3v) is 5.29. The normalized spacial score (nSPS) is 11.3. The van der Waals surface area contributed by atoms with Crippen LogP contribution in [0, 0.1) is 11.8 Å². The molecule has 7 nitrogen and oxygen atoms in total. The van der Waals surface area contributed by atoms with Gasteiger partial charge >= 0.3 is 0 Å². The van der Waals surface area contributed by atoms with Crippen LogP contribution >= 0.6 is 11.8 Å². The van der Waals surface area contributed by atoms with Crippen LogP contribution in [0.15, 0.2) is 95.1 Å². The summed E-state index contributed by atoms with van der Waals surface area (Å²) in [4.78, 5) is 12.7. The number of nitrogens with one attached hydrogen (secondary N) is 1. The Morgan fingerprint density at radius 2 is 2.24 bits per heavy atom. The molecular formula is C25H28N6OS. The van der Waals surface area contributed by atoms with E-state index in [4.69, 9.17) is 0 Å². The van der Waals surface area contributed by atoms with Gasteiger partial charge in [0.1, 0.15) is 0 Å². The van der Waals surface area contributed by atoms with Crippen LogP contribution in [0.25, 0.3) is 5.69 Å². The second kappa shape index (κ2) is 13.6. The van der Waals surface area contributed by atoms with Crippen LogP contribution in [-0.4, -0.2) is 47.1 Å². The van der Waals surface area contributed by atoms with E-state index in [0.29, 0.717) is 23.4 Å². The number of allylic oxidation sites excluding steroid dienone is 5. The van der Waals surface area contributed by atoms with E-state index in [0.717, 1.165) is 16.3 Å². The molecule has 8 heteroatoms. The summed E-state index contributed by atoms with van der Waals surface area (Å²) in [6, 6.07) is 7.22. The number of aromatic nitrogens is 2. The van der Waals surface area contributed by atoms with E-state index in [2.05, 4.69) is 45.8 Å². The maximum Gasteiger partial charge on any atom is 0.251 e. The molecule has 0 aliphatic rings. The van der Waals surface area contributed by atoms with Crippen LogP contribution in [0.5, 0.6) is 0 Å². The van der Waals surface area contributed by atoms with Crippen LogP contribution in [-0.2, 0) is 0 Å². The molecule has 0 aliphatic heterocycles. The molecule has 1 aromatic heterocycles. The summed E-state index contributed by atoms with van der Waals surface area (Å²) in [5, 5.41) is 17.2. The molecule has 0 spiro atoms. The van der Waals surface area contributed by atoms with E-state index in [1.165, 1.54) is 11.8 Å². The standard InChI is InChI=1S/C25H28N6OS/c1-6-8-10-21(7-2)11-12-22-19-23(13-14-24(22)31-17-9-15-28-31)25(32)27-16-18-33-20(3)30(5)29-26-4/h6-10,13-15,17,19H,2-3,16,18H2,1,4-5H3,(H,27,32)/b8-6-,21-10+,29-26?. The van der Waals surface area contributed by atoms with Crippen LogP contribution < -0.4 is 5.32 Å². The summed E-state index contributed by atoms with van der Waals surface area (Å²) in [5.74, 6) is 6.75. The van der Waals surface area contributed by atoms with Gasteiger partial charge in [0, 0.05) is 42.9 Å². The molecule has 1 aromatic carbocycles. The number of hydrogen-bond donors (Lipinski definition) is 1. The Hall–Kier alpha value is -3.83. The largest absolute Gasteiger partial charge is 0.351 e. The van der Waals surface area contributed by atoms with E-state index >= 15 is 0 Å². The summed E-state index contributed by atoms with van der Waals surface area (Å²) < 4.78 is 1.72. The molecule has 0 saturated heterocycles. The molecule has 2 aromatic rings. The lowest BCUT2D eigenvalue weighted by Crippen LogP contribution is -2.26. The van der Waals surface area contributed by atoms with Gasteiger partial charge in [0.25, 0.3) is 5.91 Å². The fourth-order valence-electron chi connectivity index (χ4n) is 2.60. The Morgan fingerprint density at radius 1 is 1.42 bits per heavy atom. The average molecular weight is 461 g/mol. The molecule has 0 unspecified atom stereocenters. The highest BCUT2D eigenvalue weighted by Gasteiger charge is 2.10. The molecule has 1 heterocycles. The quantitative estimate of drug-likeness (QED) is 0.182. The Morgan fingerprint density at radius 3 is 2.91 bits per heavy atom. The number of thioether (sulfide) groups is 1. The third-order valence-electron chi connectivity index (χ3n) is 4.28. The number of benzene rings is 1. The topological polar surface area (TPSA) is 74.9 Å². The molecule has 1 N–H and O–H groups in total. The van der Waals surface area contributed by atoms with Crippen molar-refractivity contribution in [1.82, 2.24) is 20.1 Å². The number of hydrogen-bond acceptors (Lipinski definition) is 5. The minimum absolute atomic E-state index is 0.175. The van der Waals surface area contributed by atoms with Gasteiger partial charge in [-0.05, 0) is 37.3 Å². The first-order chi connectivity index (χ1) is 16.0. The van der Waals surface area contributed by atoms with Crippen molar-refractivity contribution in [1.29, 1.82) is 0 Å². The molecule has 170 valence electrons. The SMILES string of the molecule is C=C/C(C#Cc1cc(C(=O)NCCSC(=C)N(C)N=NC)ccc1-n1cccn1)=C\C=C/C. The Bertz CT molecular complexity index is 1120. The lowest BCUT2D eigenvalue weighted by Gasteiger charge is -2.13. The molecule has 0 bridgehead atoms. The van der Waals surface area contributed by atoms with Gasteiger partial charge in [-0.1, -0.05) is 48.5 Å². The molecule has 0 radical (unpaired) electrons. The second-order valence-corrected chi connectivity index (χ2v) is 7.76. The van der Waals surface area contributed by atoms with Crippen molar-refractivity contribution in [2.45, 2.75) is 6.92 Å². The van der Waals surface area contributed by atoms with Crippen molar-refractivity contribution in [2.75, 3.05) is 26.4 Å². The lowest BCUT2D eigenvalue weighted by atomic mass is 10.1. The summed E-state index contributed by atoms with van der Waals surface area (Å²) >= 11 is 1.49. The van der Waals surface area contributed by atoms with Gasteiger partial charge in [-0.2, -0.15) is 10.2 Å². The summed E-state index contributed by atoms with van der Waals surface area (Å²) in [6.45, 7) is 10.2. The van der Waals surface area contributed by atoms with Crippen molar-refractivity contribution in [3.63, 3.8) is 0 Å². The molecule has 2 rings (SSSR count). The highest BCUT2D eigenvalue weighted by molar-refractivity contribution is 8.02. The predicted octanol–water partition coefficient (Wildman–Crippen LogP) is 4.78. The van der Waals surface area contributed by atoms with Crippen molar-refractivity contribution < 1.29 is 4.79 Å². The minimum Gasteiger partial charge on any atom is -0.351 e. The van der Waals surface area contributed by atoms with Gasteiger partial charge in [-0.3, -0.25) is 4.79 Å². The zero-order valence-electron chi connectivity index (χ0n) is 19.2. The number of rotatable bonds is 10. The van der Waals surface area contributed by atoms with Gasteiger partial charge in [-0.25, -0.2) is 9.69 Å². The van der Waals surface area contributed by atoms with Crippen LogP contribution in [0.4, 0.5) is 0 Å². The van der Waals surface area contributed by atoms with E-state index in [1.54, 1.807) is 48.2 Å². The predicted molar refractivity (Wildman–Crippen MR) is 136 cm³/mol. The Kier molecular flexibility index (Phi) is 10.4. The third kappa shape index (κ3) is 7.98. The maximum absolute atomic E-state index is 12.7. The molecule has 33 heavy (non-hydrogen) atoms. The van der Waals surface area contributed by atoms with Crippen LogP contribution in [0.2, 0.25) is 0 Å². The Balaban J connectivity index is 2.17. The van der Waals surface area contributed by atoms with Gasteiger partial charge in [0.15, 0.2) is 0 Å². The van der Waals surface area contributed by atoms with Crippen molar-refractivity contribution in [3.05, 3.63) is 95.9 Å². The molecular weight excluding hydrogens is 432 g/mol. The van der Waals surface area contributed by atoms with Gasteiger partial charge in [-0.15, -0.1) is 11.8 Å². The monoisotopic (exact) mass is 460 g/mol.